The fourth-order valence-corrected chi connectivity index (χ4v) is 3.40. The summed E-state index contributed by atoms with van der Waals surface area (Å²) in [6.07, 6.45) is 8.56. The zero-order chi connectivity index (χ0) is 11.0. The van der Waals surface area contributed by atoms with E-state index < -0.39 is 0 Å². The second kappa shape index (κ2) is 4.63. The molecule has 3 aliphatic rings. The second-order valence-corrected chi connectivity index (χ2v) is 5.69. The van der Waals surface area contributed by atoms with Gasteiger partial charge in [0.1, 0.15) is 0 Å². The molecule has 1 aliphatic heterocycles. The fourth-order valence-electron chi connectivity index (χ4n) is 3.40. The average Bonchev–Trinajstić information content (AvgIpc) is 2.88. The molecule has 0 aromatic rings. The van der Waals surface area contributed by atoms with E-state index in [1.807, 2.05) is 7.11 Å². The van der Waals surface area contributed by atoms with Crippen LogP contribution in [0.3, 0.4) is 0 Å². The van der Waals surface area contributed by atoms with E-state index >= 15 is 0 Å². The van der Waals surface area contributed by atoms with Gasteiger partial charge in [-0.1, -0.05) is 0 Å². The Bertz CT molecular complexity index is 242. The Hall–Kier alpha value is -0.120. The molecular weight excluding hydrogens is 200 g/mol. The van der Waals surface area contributed by atoms with Crippen molar-refractivity contribution in [1.29, 1.82) is 0 Å². The molecular formula is C13H24N2O. The van der Waals surface area contributed by atoms with Gasteiger partial charge < -0.3 is 10.1 Å². The molecule has 0 bridgehead atoms. The Morgan fingerprint density at radius 3 is 2.75 bits per heavy atom. The molecule has 0 spiro atoms. The summed E-state index contributed by atoms with van der Waals surface area (Å²) in [7, 11) is 1.86. The maximum Gasteiger partial charge on any atom is 0.0724 e. The van der Waals surface area contributed by atoms with E-state index in [0.29, 0.717) is 12.1 Å². The van der Waals surface area contributed by atoms with Crippen LogP contribution in [0.1, 0.15) is 38.5 Å². The van der Waals surface area contributed by atoms with Crippen molar-refractivity contribution in [2.45, 2.75) is 62.8 Å². The molecule has 0 radical (unpaired) electrons. The molecule has 16 heavy (non-hydrogen) atoms. The monoisotopic (exact) mass is 224 g/mol. The predicted molar refractivity (Wildman–Crippen MR) is 64.6 cm³/mol. The Kier molecular flexibility index (Phi) is 3.18. The van der Waals surface area contributed by atoms with Crippen LogP contribution in [0.4, 0.5) is 0 Å². The Morgan fingerprint density at radius 1 is 1.12 bits per heavy atom. The van der Waals surface area contributed by atoms with Gasteiger partial charge in [0.15, 0.2) is 0 Å². The van der Waals surface area contributed by atoms with Gasteiger partial charge >= 0.3 is 0 Å². The lowest BCUT2D eigenvalue weighted by Gasteiger charge is -2.24. The molecule has 3 heteroatoms. The lowest BCUT2D eigenvalue weighted by Crippen LogP contribution is -2.44. The van der Waals surface area contributed by atoms with Gasteiger partial charge in [-0.15, -0.1) is 0 Å². The summed E-state index contributed by atoms with van der Waals surface area (Å²) in [6.45, 7) is 2.59. The van der Waals surface area contributed by atoms with Gasteiger partial charge in [-0.05, 0) is 38.5 Å². The first kappa shape index (κ1) is 11.0. The van der Waals surface area contributed by atoms with E-state index in [1.165, 1.54) is 51.6 Å². The standard InChI is InChI=1S/C13H24N2O/c1-16-13-4-2-3-12(13)14-10-7-8-15(9-10)11-5-6-11/h10-14H,2-9H2,1H3. The van der Waals surface area contributed by atoms with Crippen molar-refractivity contribution < 1.29 is 4.74 Å². The van der Waals surface area contributed by atoms with Crippen molar-refractivity contribution >= 4 is 0 Å². The SMILES string of the molecule is COC1CCCC1NC1CCN(C2CC2)C1. The molecule has 0 amide bonds. The summed E-state index contributed by atoms with van der Waals surface area (Å²) < 4.78 is 5.54. The molecule has 0 aromatic carbocycles. The first-order chi connectivity index (χ1) is 7.86. The van der Waals surface area contributed by atoms with Crippen LogP contribution in [0.5, 0.6) is 0 Å². The molecule has 2 aliphatic carbocycles. The molecule has 3 fully saturated rings. The minimum absolute atomic E-state index is 0.468. The van der Waals surface area contributed by atoms with Crippen LogP contribution in [0, 0.1) is 0 Å². The highest BCUT2D eigenvalue weighted by atomic mass is 16.5. The van der Waals surface area contributed by atoms with Gasteiger partial charge in [-0.25, -0.2) is 0 Å². The summed E-state index contributed by atoms with van der Waals surface area (Å²) in [6, 6.07) is 2.28. The van der Waals surface area contributed by atoms with Gasteiger partial charge in [-0.3, -0.25) is 4.90 Å². The van der Waals surface area contributed by atoms with E-state index in [2.05, 4.69) is 10.2 Å². The van der Waals surface area contributed by atoms with E-state index in [0.717, 1.165) is 12.1 Å². The number of ether oxygens (including phenoxy) is 1. The van der Waals surface area contributed by atoms with E-state index in [-0.39, 0.29) is 0 Å². The van der Waals surface area contributed by atoms with Gasteiger partial charge in [-0.2, -0.15) is 0 Å². The molecule has 1 N–H and O–H groups in total. The van der Waals surface area contributed by atoms with E-state index in [4.69, 9.17) is 4.74 Å². The van der Waals surface area contributed by atoms with Gasteiger partial charge in [0.05, 0.1) is 6.10 Å². The minimum atomic E-state index is 0.468. The molecule has 92 valence electrons. The molecule has 3 atom stereocenters. The number of methoxy groups -OCH3 is 1. The van der Waals surface area contributed by atoms with Crippen molar-refractivity contribution in [2.75, 3.05) is 20.2 Å². The highest BCUT2D eigenvalue weighted by Crippen LogP contribution is 2.30. The number of hydrogen-bond acceptors (Lipinski definition) is 3. The number of likely N-dealkylation sites (tertiary alicyclic amines) is 1. The van der Waals surface area contributed by atoms with Crippen molar-refractivity contribution in [2.24, 2.45) is 0 Å². The van der Waals surface area contributed by atoms with Crippen LogP contribution < -0.4 is 5.32 Å². The number of hydrogen-bond donors (Lipinski definition) is 1. The van der Waals surface area contributed by atoms with Crippen molar-refractivity contribution in [1.82, 2.24) is 10.2 Å². The van der Waals surface area contributed by atoms with Gasteiger partial charge in [0, 0.05) is 38.3 Å². The molecule has 3 nitrogen and oxygen atoms in total. The molecule has 3 unspecified atom stereocenters. The topological polar surface area (TPSA) is 24.5 Å². The summed E-state index contributed by atoms with van der Waals surface area (Å²) >= 11 is 0. The van der Waals surface area contributed by atoms with Crippen LogP contribution in [0.25, 0.3) is 0 Å². The quantitative estimate of drug-likeness (QED) is 0.781. The smallest absolute Gasteiger partial charge is 0.0724 e. The molecule has 0 aromatic heterocycles. The lowest BCUT2D eigenvalue weighted by molar-refractivity contribution is 0.0814. The Labute approximate surface area is 98.5 Å². The molecule has 3 rings (SSSR count). The van der Waals surface area contributed by atoms with Crippen LogP contribution in [0.2, 0.25) is 0 Å². The van der Waals surface area contributed by atoms with Crippen LogP contribution >= 0.6 is 0 Å². The van der Waals surface area contributed by atoms with Gasteiger partial charge in [0.25, 0.3) is 0 Å². The maximum absolute atomic E-state index is 5.54. The van der Waals surface area contributed by atoms with E-state index in [1.54, 1.807) is 0 Å². The zero-order valence-electron chi connectivity index (χ0n) is 10.3. The number of nitrogens with zero attached hydrogens (tertiary/aromatic N) is 1. The minimum Gasteiger partial charge on any atom is -0.380 e. The predicted octanol–water partition coefficient (Wildman–Crippen LogP) is 1.38. The Morgan fingerprint density at radius 2 is 2.00 bits per heavy atom. The third-order valence-corrected chi connectivity index (χ3v) is 4.49. The molecule has 1 heterocycles. The fraction of sp³-hybridized carbons (Fsp3) is 1.00. The largest absolute Gasteiger partial charge is 0.380 e. The first-order valence-corrected chi connectivity index (χ1v) is 6.89. The van der Waals surface area contributed by atoms with E-state index in [9.17, 15) is 0 Å². The highest BCUT2D eigenvalue weighted by molar-refractivity contribution is 4.94. The zero-order valence-corrected chi connectivity index (χ0v) is 10.3. The van der Waals surface area contributed by atoms with Crippen LogP contribution in [0.15, 0.2) is 0 Å². The third-order valence-electron chi connectivity index (χ3n) is 4.49. The average molecular weight is 224 g/mol. The number of nitrogens with one attached hydrogen (secondary N) is 1. The van der Waals surface area contributed by atoms with Gasteiger partial charge in [0.2, 0.25) is 0 Å². The summed E-state index contributed by atoms with van der Waals surface area (Å²) in [4.78, 5) is 2.68. The molecule has 2 saturated carbocycles. The summed E-state index contributed by atoms with van der Waals surface area (Å²) in [5.74, 6) is 0. The van der Waals surface area contributed by atoms with Crippen LogP contribution in [-0.4, -0.2) is 49.3 Å². The van der Waals surface area contributed by atoms with Crippen molar-refractivity contribution in [3.05, 3.63) is 0 Å². The second-order valence-electron chi connectivity index (χ2n) is 5.69. The summed E-state index contributed by atoms with van der Waals surface area (Å²) in [5, 5.41) is 3.82. The highest BCUT2D eigenvalue weighted by Gasteiger charge is 2.36. The lowest BCUT2D eigenvalue weighted by atomic mass is 10.1. The molecule has 1 saturated heterocycles. The normalized spacial score (nSPS) is 40.7. The summed E-state index contributed by atoms with van der Waals surface area (Å²) in [5.41, 5.74) is 0. The van der Waals surface area contributed by atoms with Crippen LogP contribution in [-0.2, 0) is 4.74 Å². The first-order valence-electron chi connectivity index (χ1n) is 6.89. The maximum atomic E-state index is 5.54. The van der Waals surface area contributed by atoms with Crippen molar-refractivity contribution in [3.8, 4) is 0 Å². The van der Waals surface area contributed by atoms with Crippen molar-refractivity contribution in [3.63, 3.8) is 0 Å². The third kappa shape index (κ3) is 2.27. The Balaban J connectivity index is 1.47. The number of rotatable bonds is 4.